The Balaban J connectivity index is 1.66. The van der Waals surface area contributed by atoms with Gasteiger partial charge in [0.1, 0.15) is 16.4 Å². The molecule has 2 aromatic carbocycles. The molecule has 4 aromatic rings. The molecule has 0 bridgehead atoms. The molecule has 0 radical (unpaired) electrons. The maximum absolute atomic E-state index is 14.1. The minimum absolute atomic E-state index is 0.248. The van der Waals surface area contributed by atoms with Gasteiger partial charge in [-0.2, -0.15) is 0 Å². The van der Waals surface area contributed by atoms with Gasteiger partial charge in [-0.15, -0.1) is 11.3 Å². The molecule has 0 unspecified atom stereocenters. The molecular formula is C22H16FN3O2S. The van der Waals surface area contributed by atoms with Gasteiger partial charge in [0.15, 0.2) is 0 Å². The minimum Gasteiger partial charge on any atom is -0.480 e. The Morgan fingerprint density at radius 2 is 1.79 bits per heavy atom. The second kappa shape index (κ2) is 8.20. The first kappa shape index (κ1) is 18.8. The smallest absolute Gasteiger partial charge is 0.261 e. The van der Waals surface area contributed by atoms with E-state index < -0.39 is 0 Å². The summed E-state index contributed by atoms with van der Waals surface area (Å²) in [6.45, 7) is 0. The minimum atomic E-state index is -0.341. The van der Waals surface area contributed by atoms with Crippen molar-refractivity contribution in [2.75, 3.05) is 12.4 Å². The van der Waals surface area contributed by atoms with Gasteiger partial charge >= 0.3 is 0 Å². The highest BCUT2D eigenvalue weighted by Crippen LogP contribution is 2.34. The molecule has 2 aromatic heterocycles. The van der Waals surface area contributed by atoms with Crippen LogP contribution in [-0.2, 0) is 0 Å². The Labute approximate surface area is 170 Å². The van der Waals surface area contributed by atoms with E-state index in [0.717, 1.165) is 5.56 Å². The Hall–Kier alpha value is -3.58. The molecule has 0 aliphatic rings. The number of rotatable bonds is 5. The predicted octanol–water partition coefficient (Wildman–Crippen LogP) is 5.27. The molecule has 0 aliphatic heterocycles. The molecular weight excluding hydrogens is 389 g/mol. The van der Waals surface area contributed by atoms with Crippen molar-refractivity contribution >= 4 is 22.9 Å². The van der Waals surface area contributed by atoms with E-state index in [9.17, 15) is 9.18 Å². The van der Waals surface area contributed by atoms with Crippen LogP contribution in [0.15, 0.2) is 72.2 Å². The first-order chi connectivity index (χ1) is 14.2. The maximum Gasteiger partial charge on any atom is 0.261 e. The fourth-order valence-corrected chi connectivity index (χ4v) is 3.73. The van der Waals surface area contributed by atoms with Crippen LogP contribution in [0.3, 0.4) is 0 Å². The highest BCUT2D eigenvalue weighted by Gasteiger charge is 2.17. The third-order valence-electron chi connectivity index (χ3n) is 4.27. The Kier molecular flexibility index (Phi) is 5.31. The van der Waals surface area contributed by atoms with Crippen LogP contribution in [0, 0.1) is 5.82 Å². The monoisotopic (exact) mass is 405 g/mol. The summed E-state index contributed by atoms with van der Waals surface area (Å²) in [6.07, 6.45) is 1.56. The van der Waals surface area contributed by atoms with E-state index in [0.29, 0.717) is 27.5 Å². The molecule has 5 nitrogen and oxygen atoms in total. The molecule has 0 saturated carbocycles. The number of thiazole rings is 1. The Morgan fingerprint density at radius 1 is 1.03 bits per heavy atom. The predicted molar refractivity (Wildman–Crippen MR) is 112 cm³/mol. The molecule has 1 N–H and O–H groups in total. The molecule has 29 heavy (non-hydrogen) atoms. The number of benzene rings is 2. The van der Waals surface area contributed by atoms with Gasteiger partial charge in [0, 0.05) is 22.7 Å². The number of ether oxygens (including phenoxy) is 1. The largest absolute Gasteiger partial charge is 0.480 e. The summed E-state index contributed by atoms with van der Waals surface area (Å²) in [5.41, 5.74) is 2.76. The normalized spacial score (nSPS) is 10.6. The Bertz CT molecular complexity index is 1180. The van der Waals surface area contributed by atoms with Gasteiger partial charge < -0.3 is 10.1 Å². The lowest BCUT2D eigenvalue weighted by molar-refractivity contribution is 0.102. The second-order valence-corrected chi connectivity index (χ2v) is 6.94. The number of amides is 1. The number of halogens is 1. The van der Waals surface area contributed by atoms with E-state index in [4.69, 9.17) is 4.74 Å². The number of para-hydroxylation sites is 1. The van der Waals surface area contributed by atoms with Gasteiger partial charge in [0.05, 0.1) is 18.5 Å². The number of aromatic nitrogens is 2. The van der Waals surface area contributed by atoms with Gasteiger partial charge in [-0.25, -0.2) is 14.4 Å². The number of carbonyl (C=O) groups is 1. The van der Waals surface area contributed by atoms with Crippen LogP contribution in [0.5, 0.6) is 5.88 Å². The summed E-state index contributed by atoms with van der Waals surface area (Å²) in [5, 5.41) is 5.31. The molecule has 0 fully saturated rings. The average Bonchev–Trinajstić information content (AvgIpc) is 3.24. The van der Waals surface area contributed by atoms with Crippen molar-refractivity contribution in [3.8, 4) is 27.7 Å². The number of hydrogen-bond acceptors (Lipinski definition) is 5. The molecule has 4 rings (SSSR count). The van der Waals surface area contributed by atoms with Crippen molar-refractivity contribution in [2.24, 2.45) is 0 Å². The molecule has 0 spiro atoms. The summed E-state index contributed by atoms with van der Waals surface area (Å²) in [6, 6.07) is 17.2. The molecule has 2 heterocycles. The number of nitrogens with one attached hydrogen (secondary N) is 1. The number of methoxy groups -OCH3 is 1. The molecule has 0 aliphatic carbocycles. The van der Waals surface area contributed by atoms with Crippen LogP contribution in [0.2, 0.25) is 0 Å². The molecule has 1 amide bonds. The van der Waals surface area contributed by atoms with Crippen LogP contribution in [-0.4, -0.2) is 23.0 Å². The molecule has 0 atom stereocenters. The zero-order chi connectivity index (χ0) is 20.2. The number of pyridine rings is 1. The van der Waals surface area contributed by atoms with Crippen molar-refractivity contribution in [3.63, 3.8) is 0 Å². The van der Waals surface area contributed by atoms with E-state index in [2.05, 4.69) is 15.3 Å². The summed E-state index contributed by atoms with van der Waals surface area (Å²) in [5.74, 6) is -0.413. The van der Waals surface area contributed by atoms with Crippen molar-refractivity contribution in [1.29, 1.82) is 0 Å². The Morgan fingerprint density at radius 3 is 2.59 bits per heavy atom. The van der Waals surface area contributed by atoms with Crippen molar-refractivity contribution < 1.29 is 13.9 Å². The van der Waals surface area contributed by atoms with Crippen LogP contribution in [0.4, 0.5) is 10.1 Å². The third kappa shape index (κ3) is 3.86. The zero-order valence-electron chi connectivity index (χ0n) is 15.4. The summed E-state index contributed by atoms with van der Waals surface area (Å²) in [7, 11) is 1.46. The van der Waals surface area contributed by atoms with Crippen molar-refractivity contribution in [3.05, 3.63) is 83.6 Å². The molecule has 144 valence electrons. The SMILES string of the molecule is COc1ncccc1C(=O)Nc1ccccc1-c1csc(-c2ccccc2F)n1. The van der Waals surface area contributed by atoms with Crippen molar-refractivity contribution in [1.82, 2.24) is 9.97 Å². The van der Waals surface area contributed by atoms with Gasteiger partial charge in [0.2, 0.25) is 5.88 Å². The second-order valence-electron chi connectivity index (χ2n) is 6.08. The topological polar surface area (TPSA) is 64.1 Å². The average molecular weight is 405 g/mol. The summed E-state index contributed by atoms with van der Waals surface area (Å²) in [4.78, 5) is 21.4. The van der Waals surface area contributed by atoms with E-state index in [1.165, 1.54) is 24.5 Å². The van der Waals surface area contributed by atoms with Gasteiger partial charge in [-0.05, 0) is 30.3 Å². The van der Waals surface area contributed by atoms with Gasteiger partial charge in [-0.1, -0.05) is 30.3 Å². The van der Waals surface area contributed by atoms with Crippen LogP contribution in [0.25, 0.3) is 21.8 Å². The summed E-state index contributed by atoms with van der Waals surface area (Å²) < 4.78 is 19.3. The fourth-order valence-electron chi connectivity index (χ4n) is 2.89. The lowest BCUT2D eigenvalue weighted by Gasteiger charge is -2.11. The van der Waals surface area contributed by atoms with E-state index in [-0.39, 0.29) is 17.6 Å². The molecule has 0 saturated heterocycles. The van der Waals surface area contributed by atoms with Gasteiger partial charge in [-0.3, -0.25) is 4.79 Å². The lowest BCUT2D eigenvalue weighted by atomic mass is 10.1. The van der Waals surface area contributed by atoms with E-state index >= 15 is 0 Å². The lowest BCUT2D eigenvalue weighted by Crippen LogP contribution is -2.14. The standard InChI is InChI=1S/C22H16FN3O2S/c1-28-21-16(9-6-12-24-21)20(27)25-18-11-5-3-8-15(18)19-13-29-22(26-19)14-7-2-4-10-17(14)23/h2-13H,1H3,(H,25,27). The number of carbonyl (C=O) groups excluding carboxylic acids is 1. The van der Waals surface area contributed by atoms with Crippen molar-refractivity contribution in [2.45, 2.75) is 0 Å². The highest BCUT2D eigenvalue weighted by atomic mass is 32.1. The zero-order valence-corrected chi connectivity index (χ0v) is 16.2. The number of hydrogen-bond donors (Lipinski definition) is 1. The van der Waals surface area contributed by atoms with E-state index in [1.54, 1.807) is 42.6 Å². The van der Waals surface area contributed by atoms with Crippen LogP contribution >= 0.6 is 11.3 Å². The quantitative estimate of drug-likeness (QED) is 0.491. The number of anilines is 1. The van der Waals surface area contributed by atoms with Gasteiger partial charge in [0.25, 0.3) is 5.91 Å². The third-order valence-corrected chi connectivity index (χ3v) is 5.14. The summed E-state index contributed by atoms with van der Waals surface area (Å²) >= 11 is 1.35. The molecule has 7 heteroatoms. The maximum atomic E-state index is 14.1. The first-order valence-corrected chi connectivity index (χ1v) is 9.65. The first-order valence-electron chi connectivity index (χ1n) is 8.77. The fraction of sp³-hybridized carbons (Fsp3) is 0.0455. The van der Waals surface area contributed by atoms with Crippen LogP contribution < -0.4 is 10.1 Å². The number of nitrogens with zero attached hydrogens (tertiary/aromatic N) is 2. The van der Waals surface area contributed by atoms with Crippen LogP contribution in [0.1, 0.15) is 10.4 Å². The van der Waals surface area contributed by atoms with E-state index in [1.807, 2.05) is 23.6 Å². The highest BCUT2D eigenvalue weighted by molar-refractivity contribution is 7.13.